The number of halogens is 1. The molecule has 2 aromatic heterocycles. The average Bonchev–Trinajstić information content (AvgIpc) is 2.69. The largest absolute Gasteiger partial charge is 0.354 e. The zero-order chi connectivity index (χ0) is 17.9. The lowest BCUT2D eigenvalue weighted by Gasteiger charge is -2.33. The molecule has 1 aliphatic heterocycles. The molecular formula is C20H20FN5. The van der Waals surface area contributed by atoms with Gasteiger partial charge in [0.1, 0.15) is 11.6 Å². The summed E-state index contributed by atoms with van der Waals surface area (Å²) in [5.74, 6) is 1.27. The van der Waals surface area contributed by atoms with Crippen molar-refractivity contribution in [3.63, 3.8) is 0 Å². The Morgan fingerprint density at radius 2 is 1.69 bits per heavy atom. The highest BCUT2D eigenvalue weighted by Crippen LogP contribution is 2.26. The number of hydrogen-bond donors (Lipinski definition) is 0. The maximum absolute atomic E-state index is 13.3. The molecule has 0 amide bonds. The minimum atomic E-state index is -0.255. The number of hydrogen-bond acceptors (Lipinski definition) is 5. The summed E-state index contributed by atoms with van der Waals surface area (Å²) in [5, 5.41) is 0. The first kappa shape index (κ1) is 16.6. The second kappa shape index (κ2) is 7.17. The Balaban J connectivity index is 1.78. The van der Waals surface area contributed by atoms with E-state index in [-0.39, 0.29) is 5.82 Å². The van der Waals surface area contributed by atoms with Gasteiger partial charge in [-0.3, -0.25) is 4.98 Å². The van der Waals surface area contributed by atoms with Crippen molar-refractivity contribution in [2.75, 3.05) is 38.1 Å². The van der Waals surface area contributed by atoms with Gasteiger partial charge >= 0.3 is 0 Å². The number of rotatable bonds is 3. The average molecular weight is 349 g/mol. The molecule has 26 heavy (non-hydrogen) atoms. The van der Waals surface area contributed by atoms with Gasteiger partial charge in [-0.15, -0.1) is 0 Å². The van der Waals surface area contributed by atoms with Gasteiger partial charge in [0.25, 0.3) is 0 Å². The van der Waals surface area contributed by atoms with Crippen LogP contribution in [0.5, 0.6) is 0 Å². The van der Waals surface area contributed by atoms with E-state index in [1.165, 1.54) is 12.1 Å². The molecule has 132 valence electrons. The molecule has 0 unspecified atom stereocenters. The summed E-state index contributed by atoms with van der Waals surface area (Å²) in [6.07, 6.45) is 3.49. The van der Waals surface area contributed by atoms with Crippen molar-refractivity contribution >= 4 is 5.82 Å². The predicted octanol–water partition coefficient (Wildman–Crippen LogP) is 3.10. The SMILES string of the molecule is CN1CCN(c2cc(-c3ccc(F)cc3)nc(-c3cccnc3)n2)CC1. The Labute approximate surface area is 152 Å². The minimum absolute atomic E-state index is 0.255. The number of benzene rings is 1. The molecule has 5 nitrogen and oxygen atoms in total. The van der Waals surface area contributed by atoms with E-state index in [9.17, 15) is 4.39 Å². The summed E-state index contributed by atoms with van der Waals surface area (Å²) in [6, 6.07) is 12.2. The minimum Gasteiger partial charge on any atom is -0.354 e. The Kier molecular flexibility index (Phi) is 4.58. The summed E-state index contributed by atoms with van der Waals surface area (Å²) in [5.41, 5.74) is 2.52. The second-order valence-electron chi connectivity index (χ2n) is 6.47. The van der Waals surface area contributed by atoms with Crippen LogP contribution in [0.25, 0.3) is 22.6 Å². The third-order valence-corrected chi connectivity index (χ3v) is 4.60. The van der Waals surface area contributed by atoms with Crippen LogP contribution in [-0.2, 0) is 0 Å². The predicted molar refractivity (Wildman–Crippen MR) is 100 cm³/mol. The molecular weight excluding hydrogens is 329 g/mol. The van der Waals surface area contributed by atoms with Crippen LogP contribution in [0.4, 0.5) is 10.2 Å². The lowest BCUT2D eigenvalue weighted by Crippen LogP contribution is -2.44. The van der Waals surface area contributed by atoms with Crippen LogP contribution < -0.4 is 4.90 Å². The van der Waals surface area contributed by atoms with E-state index in [1.54, 1.807) is 24.5 Å². The first-order valence-electron chi connectivity index (χ1n) is 8.68. The van der Waals surface area contributed by atoms with Crippen molar-refractivity contribution in [2.45, 2.75) is 0 Å². The van der Waals surface area contributed by atoms with Gasteiger partial charge in [0, 0.05) is 55.8 Å². The molecule has 0 atom stereocenters. The molecule has 1 aliphatic rings. The fourth-order valence-electron chi connectivity index (χ4n) is 3.02. The highest BCUT2D eigenvalue weighted by molar-refractivity contribution is 5.67. The first-order valence-corrected chi connectivity index (χ1v) is 8.68. The maximum Gasteiger partial charge on any atom is 0.163 e. The summed E-state index contributed by atoms with van der Waals surface area (Å²) < 4.78 is 13.3. The van der Waals surface area contributed by atoms with Crippen LogP contribution in [0.3, 0.4) is 0 Å². The van der Waals surface area contributed by atoms with Crippen LogP contribution in [-0.4, -0.2) is 53.1 Å². The van der Waals surface area contributed by atoms with E-state index in [1.807, 2.05) is 18.2 Å². The van der Waals surface area contributed by atoms with E-state index in [0.29, 0.717) is 5.82 Å². The molecule has 0 spiro atoms. The zero-order valence-electron chi connectivity index (χ0n) is 14.6. The monoisotopic (exact) mass is 349 g/mol. The number of nitrogens with zero attached hydrogens (tertiary/aromatic N) is 5. The fourth-order valence-corrected chi connectivity index (χ4v) is 3.02. The smallest absolute Gasteiger partial charge is 0.163 e. The molecule has 1 aromatic carbocycles. The summed E-state index contributed by atoms with van der Waals surface area (Å²) >= 11 is 0. The van der Waals surface area contributed by atoms with Gasteiger partial charge in [0.15, 0.2) is 5.82 Å². The first-order chi connectivity index (χ1) is 12.7. The van der Waals surface area contributed by atoms with E-state index in [0.717, 1.165) is 48.8 Å². The number of pyridine rings is 1. The highest BCUT2D eigenvalue weighted by atomic mass is 19.1. The van der Waals surface area contributed by atoms with Gasteiger partial charge in [0.2, 0.25) is 0 Å². The number of piperazine rings is 1. The molecule has 0 bridgehead atoms. The van der Waals surface area contributed by atoms with E-state index in [4.69, 9.17) is 9.97 Å². The van der Waals surface area contributed by atoms with Gasteiger partial charge in [-0.1, -0.05) is 0 Å². The Hall–Kier alpha value is -2.86. The van der Waals surface area contributed by atoms with Crippen LogP contribution >= 0.6 is 0 Å². The van der Waals surface area contributed by atoms with Crippen LogP contribution in [0.15, 0.2) is 54.9 Å². The maximum atomic E-state index is 13.3. The van der Waals surface area contributed by atoms with Gasteiger partial charge in [-0.2, -0.15) is 0 Å². The molecule has 3 aromatic rings. The zero-order valence-corrected chi connectivity index (χ0v) is 14.6. The van der Waals surface area contributed by atoms with E-state index >= 15 is 0 Å². The van der Waals surface area contributed by atoms with Crippen molar-refractivity contribution in [1.29, 1.82) is 0 Å². The molecule has 0 radical (unpaired) electrons. The van der Waals surface area contributed by atoms with E-state index in [2.05, 4.69) is 21.8 Å². The molecule has 4 rings (SSSR count). The van der Waals surface area contributed by atoms with Crippen LogP contribution in [0, 0.1) is 5.82 Å². The third kappa shape index (κ3) is 3.55. The molecule has 6 heteroatoms. The van der Waals surface area contributed by atoms with E-state index < -0.39 is 0 Å². The highest BCUT2D eigenvalue weighted by Gasteiger charge is 2.18. The normalized spacial score (nSPS) is 15.2. The topological polar surface area (TPSA) is 45.2 Å². The fraction of sp³-hybridized carbons (Fsp3) is 0.250. The lowest BCUT2D eigenvalue weighted by atomic mass is 10.1. The molecule has 1 fully saturated rings. The van der Waals surface area contributed by atoms with Gasteiger partial charge in [-0.05, 0) is 43.4 Å². The summed E-state index contributed by atoms with van der Waals surface area (Å²) in [4.78, 5) is 18.2. The molecule has 3 heterocycles. The Bertz CT molecular complexity index is 874. The van der Waals surface area contributed by atoms with Crippen LogP contribution in [0.1, 0.15) is 0 Å². The number of aromatic nitrogens is 3. The summed E-state index contributed by atoms with van der Waals surface area (Å²) in [7, 11) is 2.13. The standard InChI is InChI=1S/C20H20FN5/c1-25-9-11-26(12-10-25)19-13-18(15-4-6-17(21)7-5-15)23-20(24-19)16-3-2-8-22-14-16/h2-8,13-14H,9-12H2,1H3. The Morgan fingerprint density at radius 1 is 0.923 bits per heavy atom. The van der Waals surface area contributed by atoms with Crippen molar-refractivity contribution in [1.82, 2.24) is 19.9 Å². The Morgan fingerprint density at radius 3 is 2.38 bits per heavy atom. The van der Waals surface area contributed by atoms with Crippen molar-refractivity contribution in [3.8, 4) is 22.6 Å². The van der Waals surface area contributed by atoms with Gasteiger partial charge in [0.05, 0.1) is 5.69 Å². The quantitative estimate of drug-likeness (QED) is 0.727. The van der Waals surface area contributed by atoms with Gasteiger partial charge in [-0.25, -0.2) is 14.4 Å². The number of likely N-dealkylation sites (N-methyl/N-ethyl adjacent to an activating group) is 1. The third-order valence-electron chi connectivity index (χ3n) is 4.60. The summed E-state index contributed by atoms with van der Waals surface area (Å²) in [6.45, 7) is 3.84. The van der Waals surface area contributed by atoms with Crippen molar-refractivity contribution < 1.29 is 4.39 Å². The molecule has 1 saturated heterocycles. The molecule has 0 saturated carbocycles. The second-order valence-corrected chi connectivity index (χ2v) is 6.47. The number of anilines is 1. The molecule has 0 N–H and O–H groups in total. The van der Waals surface area contributed by atoms with Crippen LogP contribution in [0.2, 0.25) is 0 Å². The van der Waals surface area contributed by atoms with Crippen molar-refractivity contribution in [2.24, 2.45) is 0 Å². The lowest BCUT2D eigenvalue weighted by molar-refractivity contribution is 0.312. The van der Waals surface area contributed by atoms with Gasteiger partial charge < -0.3 is 9.80 Å². The molecule has 0 aliphatic carbocycles. The van der Waals surface area contributed by atoms with Crippen molar-refractivity contribution in [3.05, 3.63) is 60.7 Å².